The SMILES string of the molecule is O=C(Nc1ccc2nc([C@H]3CCCN3S(=O)(=O)c3ccc(Cl)cc3)[nH]c2c1)c1cccnc1. The van der Waals surface area contributed by atoms with Crippen LogP contribution in [0.2, 0.25) is 5.02 Å². The predicted octanol–water partition coefficient (Wildman–Crippen LogP) is 4.39. The molecule has 4 aromatic rings. The van der Waals surface area contributed by atoms with Gasteiger partial charge in [-0.05, 0) is 67.4 Å². The van der Waals surface area contributed by atoms with Crippen molar-refractivity contribution in [3.05, 3.63) is 83.4 Å². The van der Waals surface area contributed by atoms with Crippen LogP contribution in [0.1, 0.15) is 35.1 Å². The lowest BCUT2D eigenvalue weighted by Gasteiger charge is -2.22. The van der Waals surface area contributed by atoms with E-state index in [2.05, 4.69) is 20.3 Å². The lowest BCUT2D eigenvalue weighted by molar-refractivity contribution is 0.102. The molecule has 0 bridgehead atoms. The van der Waals surface area contributed by atoms with Crippen molar-refractivity contribution in [2.45, 2.75) is 23.8 Å². The minimum atomic E-state index is -3.69. The fraction of sp³-hybridized carbons (Fsp3) is 0.174. The van der Waals surface area contributed by atoms with Gasteiger partial charge in [0.2, 0.25) is 10.0 Å². The number of imidazole rings is 1. The van der Waals surface area contributed by atoms with Gasteiger partial charge >= 0.3 is 0 Å². The van der Waals surface area contributed by atoms with Gasteiger partial charge in [0.05, 0.1) is 27.5 Å². The van der Waals surface area contributed by atoms with Crippen LogP contribution in [-0.4, -0.2) is 40.1 Å². The first-order chi connectivity index (χ1) is 15.9. The van der Waals surface area contributed by atoms with E-state index in [0.29, 0.717) is 46.1 Å². The largest absolute Gasteiger partial charge is 0.341 e. The molecule has 0 spiro atoms. The molecule has 33 heavy (non-hydrogen) atoms. The molecule has 1 atom stereocenters. The minimum absolute atomic E-state index is 0.204. The molecule has 3 heterocycles. The van der Waals surface area contributed by atoms with E-state index in [1.807, 2.05) is 0 Å². The van der Waals surface area contributed by atoms with Gasteiger partial charge in [-0.3, -0.25) is 9.78 Å². The summed E-state index contributed by atoms with van der Waals surface area (Å²) in [5.74, 6) is 0.314. The summed E-state index contributed by atoms with van der Waals surface area (Å²) >= 11 is 5.92. The van der Waals surface area contributed by atoms with E-state index in [1.54, 1.807) is 48.7 Å². The number of halogens is 1. The summed E-state index contributed by atoms with van der Waals surface area (Å²) < 4.78 is 28.0. The third-order valence-corrected chi connectivity index (χ3v) is 7.80. The molecule has 0 radical (unpaired) electrons. The molecule has 2 N–H and O–H groups in total. The molecule has 1 fully saturated rings. The van der Waals surface area contributed by atoms with Gasteiger partial charge in [0, 0.05) is 29.6 Å². The van der Waals surface area contributed by atoms with Crippen LogP contribution in [-0.2, 0) is 10.0 Å². The van der Waals surface area contributed by atoms with Crippen LogP contribution in [0.4, 0.5) is 5.69 Å². The Morgan fingerprint density at radius 2 is 1.97 bits per heavy atom. The van der Waals surface area contributed by atoms with E-state index < -0.39 is 16.1 Å². The fourth-order valence-corrected chi connectivity index (χ4v) is 5.79. The molecule has 0 aliphatic carbocycles. The number of rotatable bonds is 5. The lowest BCUT2D eigenvalue weighted by atomic mass is 10.2. The molecule has 1 aliphatic rings. The van der Waals surface area contributed by atoms with Crippen molar-refractivity contribution in [1.82, 2.24) is 19.3 Å². The monoisotopic (exact) mass is 481 g/mol. The molecule has 5 rings (SSSR count). The van der Waals surface area contributed by atoms with Crippen LogP contribution >= 0.6 is 11.6 Å². The van der Waals surface area contributed by atoms with Crippen LogP contribution in [0.3, 0.4) is 0 Å². The zero-order chi connectivity index (χ0) is 23.0. The second kappa shape index (κ2) is 8.58. The maximum Gasteiger partial charge on any atom is 0.257 e. The number of benzene rings is 2. The third-order valence-electron chi connectivity index (χ3n) is 5.62. The van der Waals surface area contributed by atoms with E-state index in [4.69, 9.17) is 11.6 Å². The molecule has 168 valence electrons. The maximum atomic E-state index is 13.2. The van der Waals surface area contributed by atoms with Crippen molar-refractivity contribution in [3.63, 3.8) is 0 Å². The van der Waals surface area contributed by atoms with Crippen molar-refractivity contribution >= 4 is 44.3 Å². The summed E-state index contributed by atoms with van der Waals surface area (Å²) in [4.78, 5) is 24.5. The van der Waals surface area contributed by atoms with Gasteiger partial charge in [0.25, 0.3) is 5.91 Å². The van der Waals surface area contributed by atoms with Crippen LogP contribution in [0.15, 0.2) is 71.9 Å². The number of aromatic nitrogens is 3. The Morgan fingerprint density at radius 3 is 2.73 bits per heavy atom. The molecule has 10 heteroatoms. The highest BCUT2D eigenvalue weighted by molar-refractivity contribution is 7.89. The topological polar surface area (TPSA) is 108 Å². The number of H-pyrrole nitrogens is 1. The number of carbonyl (C=O) groups is 1. The van der Waals surface area contributed by atoms with Gasteiger partial charge in [-0.25, -0.2) is 13.4 Å². The smallest absolute Gasteiger partial charge is 0.257 e. The van der Waals surface area contributed by atoms with Gasteiger partial charge < -0.3 is 10.3 Å². The second-order valence-corrected chi connectivity index (χ2v) is 10.1. The average molecular weight is 482 g/mol. The Morgan fingerprint density at radius 1 is 1.15 bits per heavy atom. The van der Waals surface area contributed by atoms with Crippen LogP contribution in [0, 0.1) is 0 Å². The summed E-state index contributed by atoms with van der Waals surface area (Å²) in [5.41, 5.74) is 2.46. The molecule has 2 aromatic carbocycles. The van der Waals surface area contributed by atoms with Gasteiger partial charge in [-0.1, -0.05) is 11.6 Å². The molecule has 1 aliphatic heterocycles. The number of hydrogen-bond acceptors (Lipinski definition) is 5. The zero-order valence-corrected chi connectivity index (χ0v) is 19.0. The quantitative estimate of drug-likeness (QED) is 0.439. The Bertz CT molecular complexity index is 1420. The maximum absolute atomic E-state index is 13.2. The summed E-state index contributed by atoms with van der Waals surface area (Å²) in [7, 11) is -3.69. The van der Waals surface area contributed by atoms with E-state index in [0.717, 1.165) is 6.42 Å². The third kappa shape index (κ3) is 4.22. The van der Waals surface area contributed by atoms with Crippen molar-refractivity contribution in [1.29, 1.82) is 0 Å². The van der Waals surface area contributed by atoms with Gasteiger partial charge in [-0.15, -0.1) is 0 Å². The van der Waals surface area contributed by atoms with Crippen molar-refractivity contribution in [2.75, 3.05) is 11.9 Å². The van der Waals surface area contributed by atoms with Crippen LogP contribution < -0.4 is 5.32 Å². The summed E-state index contributed by atoms with van der Waals surface area (Å²) in [6, 6.07) is 14.5. The predicted molar refractivity (Wildman–Crippen MR) is 126 cm³/mol. The number of nitrogens with zero attached hydrogens (tertiary/aromatic N) is 3. The Balaban J connectivity index is 1.41. The highest BCUT2D eigenvalue weighted by Crippen LogP contribution is 2.36. The Labute approximate surface area is 195 Å². The number of fused-ring (bicyclic) bond motifs is 1. The van der Waals surface area contributed by atoms with E-state index in [-0.39, 0.29) is 10.8 Å². The van der Waals surface area contributed by atoms with Crippen LogP contribution in [0.5, 0.6) is 0 Å². The number of carbonyl (C=O) groups excluding carboxylic acids is 1. The van der Waals surface area contributed by atoms with Crippen LogP contribution in [0.25, 0.3) is 11.0 Å². The summed E-state index contributed by atoms with van der Waals surface area (Å²) in [6.45, 7) is 0.416. The number of amides is 1. The number of pyridine rings is 1. The van der Waals surface area contributed by atoms with E-state index >= 15 is 0 Å². The molecular formula is C23H20ClN5O3S. The molecule has 1 amide bonds. The first-order valence-corrected chi connectivity index (χ1v) is 12.2. The highest BCUT2D eigenvalue weighted by Gasteiger charge is 2.37. The zero-order valence-electron chi connectivity index (χ0n) is 17.4. The minimum Gasteiger partial charge on any atom is -0.341 e. The molecule has 0 unspecified atom stereocenters. The number of aromatic amines is 1. The van der Waals surface area contributed by atoms with Gasteiger partial charge in [-0.2, -0.15) is 4.31 Å². The Kier molecular flexibility index (Phi) is 5.61. The van der Waals surface area contributed by atoms with Gasteiger partial charge in [0.1, 0.15) is 5.82 Å². The molecule has 2 aromatic heterocycles. The first kappa shape index (κ1) is 21.6. The summed E-state index contributed by atoms with van der Waals surface area (Å²) in [6.07, 6.45) is 4.50. The number of sulfonamides is 1. The van der Waals surface area contributed by atoms with Crippen molar-refractivity contribution in [3.8, 4) is 0 Å². The number of hydrogen-bond donors (Lipinski definition) is 2. The first-order valence-electron chi connectivity index (χ1n) is 10.4. The normalized spacial score (nSPS) is 16.8. The lowest BCUT2D eigenvalue weighted by Crippen LogP contribution is -2.31. The second-order valence-electron chi connectivity index (χ2n) is 7.78. The van der Waals surface area contributed by atoms with Crippen molar-refractivity contribution < 1.29 is 13.2 Å². The molecule has 0 saturated carbocycles. The van der Waals surface area contributed by atoms with Crippen molar-refractivity contribution in [2.24, 2.45) is 0 Å². The highest BCUT2D eigenvalue weighted by atomic mass is 35.5. The number of nitrogens with one attached hydrogen (secondary N) is 2. The number of anilines is 1. The van der Waals surface area contributed by atoms with E-state index in [9.17, 15) is 13.2 Å². The standard InChI is InChI=1S/C23H20ClN5O3S/c24-16-5-8-18(9-6-16)33(31,32)29-12-2-4-21(29)22-27-19-10-7-17(13-20(19)28-22)26-23(30)15-3-1-11-25-14-15/h1,3,5-11,13-14,21H,2,4,12H2,(H,26,30)(H,27,28)/t21-/m1/s1. The summed E-state index contributed by atoms with van der Waals surface area (Å²) in [5, 5.41) is 3.33. The molecular weight excluding hydrogens is 462 g/mol. The molecule has 1 saturated heterocycles. The molecule has 8 nitrogen and oxygen atoms in total. The average Bonchev–Trinajstić information content (AvgIpc) is 3.47. The Hall–Kier alpha value is -3.27. The van der Waals surface area contributed by atoms with E-state index in [1.165, 1.54) is 22.6 Å². The fourth-order valence-electron chi connectivity index (χ4n) is 4.01. The van der Waals surface area contributed by atoms with Gasteiger partial charge in [0.15, 0.2) is 0 Å².